The minimum Gasteiger partial charge on any atom is -0.451 e. The molecule has 0 aromatic carbocycles. The van der Waals surface area contributed by atoms with Crippen LogP contribution in [-0.2, 0) is 16.6 Å². The van der Waals surface area contributed by atoms with Gasteiger partial charge in [0.1, 0.15) is 5.69 Å². The maximum absolute atomic E-state index is 11.9. The zero-order valence-corrected chi connectivity index (χ0v) is 13.2. The molecule has 1 aromatic heterocycles. The molecule has 0 bridgehead atoms. The number of halogens is 1. The van der Waals surface area contributed by atoms with Gasteiger partial charge in [-0.05, 0) is 24.8 Å². The molecule has 2 atom stereocenters. The number of hydrogen-bond acceptors (Lipinski definition) is 3. The molecule has 0 aliphatic heterocycles. The Morgan fingerprint density at radius 2 is 2.14 bits per heavy atom. The van der Waals surface area contributed by atoms with Crippen LogP contribution >= 0.6 is 11.6 Å². The van der Waals surface area contributed by atoms with Crippen LogP contribution in [0.15, 0.2) is 12.3 Å². The third kappa shape index (κ3) is 4.24. The summed E-state index contributed by atoms with van der Waals surface area (Å²) in [4.78, 5) is 23.7. The minimum absolute atomic E-state index is 0.189. The molecule has 0 unspecified atom stereocenters. The largest absolute Gasteiger partial charge is 0.451 e. The maximum Gasteiger partial charge on any atom is 0.355 e. The van der Waals surface area contributed by atoms with Gasteiger partial charge < -0.3 is 14.6 Å². The van der Waals surface area contributed by atoms with Gasteiger partial charge in [0.2, 0.25) is 0 Å². The molecule has 1 saturated carbocycles. The number of ether oxygens (including phenoxy) is 1. The standard InChI is InChI=1S/C15H21ClN2O3/c1-10-5-3-4-6-12(10)17-14(19)9-21-15(20)13-7-11(16)8-18(13)2/h7-8,10,12H,3-6,9H2,1-2H3,(H,17,19)/t10-,12-/m1/s1. The minimum atomic E-state index is -0.545. The number of rotatable bonds is 4. The fourth-order valence-corrected chi connectivity index (χ4v) is 2.96. The second-order valence-corrected chi connectivity index (χ2v) is 6.10. The Bertz CT molecular complexity index is 527. The van der Waals surface area contributed by atoms with Crippen molar-refractivity contribution in [1.82, 2.24) is 9.88 Å². The average molecular weight is 313 g/mol. The van der Waals surface area contributed by atoms with Crippen molar-refractivity contribution in [3.8, 4) is 0 Å². The van der Waals surface area contributed by atoms with Crippen LogP contribution < -0.4 is 5.32 Å². The quantitative estimate of drug-likeness (QED) is 0.869. The lowest BCUT2D eigenvalue weighted by molar-refractivity contribution is -0.125. The van der Waals surface area contributed by atoms with Gasteiger partial charge >= 0.3 is 5.97 Å². The van der Waals surface area contributed by atoms with Crippen LogP contribution in [0.3, 0.4) is 0 Å². The number of aryl methyl sites for hydroxylation is 1. The average Bonchev–Trinajstić information content (AvgIpc) is 2.78. The van der Waals surface area contributed by atoms with E-state index in [-0.39, 0.29) is 18.6 Å². The van der Waals surface area contributed by atoms with Crippen LogP contribution in [0, 0.1) is 5.92 Å². The molecule has 1 aromatic rings. The normalized spacial score (nSPS) is 21.9. The second-order valence-electron chi connectivity index (χ2n) is 5.67. The first-order valence-electron chi connectivity index (χ1n) is 7.25. The van der Waals surface area contributed by atoms with Gasteiger partial charge in [-0.1, -0.05) is 31.4 Å². The molecule has 21 heavy (non-hydrogen) atoms. The van der Waals surface area contributed by atoms with Gasteiger partial charge in [-0.25, -0.2) is 4.79 Å². The van der Waals surface area contributed by atoms with Crippen molar-refractivity contribution in [3.63, 3.8) is 0 Å². The van der Waals surface area contributed by atoms with Crippen molar-refractivity contribution in [3.05, 3.63) is 23.0 Å². The lowest BCUT2D eigenvalue weighted by Crippen LogP contribution is -2.42. The van der Waals surface area contributed by atoms with E-state index in [9.17, 15) is 9.59 Å². The second kappa shape index (κ2) is 6.98. The summed E-state index contributed by atoms with van der Waals surface area (Å²) >= 11 is 5.81. The first-order valence-corrected chi connectivity index (χ1v) is 7.63. The molecular formula is C15H21ClN2O3. The number of esters is 1. The Kier molecular flexibility index (Phi) is 5.28. The Morgan fingerprint density at radius 3 is 2.76 bits per heavy atom. The van der Waals surface area contributed by atoms with Crippen molar-refractivity contribution in [2.24, 2.45) is 13.0 Å². The van der Waals surface area contributed by atoms with E-state index in [1.54, 1.807) is 17.8 Å². The van der Waals surface area contributed by atoms with E-state index in [0.717, 1.165) is 19.3 Å². The zero-order valence-electron chi connectivity index (χ0n) is 12.4. The van der Waals surface area contributed by atoms with E-state index in [2.05, 4.69) is 12.2 Å². The zero-order chi connectivity index (χ0) is 15.4. The molecule has 2 rings (SSSR count). The third-order valence-corrected chi connectivity index (χ3v) is 4.18. The van der Waals surface area contributed by atoms with E-state index in [4.69, 9.17) is 16.3 Å². The smallest absolute Gasteiger partial charge is 0.355 e. The lowest BCUT2D eigenvalue weighted by Gasteiger charge is -2.29. The molecule has 1 heterocycles. The summed E-state index contributed by atoms with van der Waals surface area (Å²) in [5.41, 5.74) is 0.332. The Morgan fingerprint density at radius 1 is 1.43 bits per heavy atom. The Hall–Kier alpha value is -1.49. The van der Waals surface area contributed by atoms with Crippen LogP contribution in [0.5, 0.6) is 0 Å². The number of nitrogens with one attached hydrogen (secondary N) is 1. The van der Waals surface area contributed by atoms with Gasteiger partial charge in [-0.3, -0.25) is 4.79 Å². The molecule has 0 radical (unpaired) electrons. The first-order chi connectivity index (χ1) is 9.97. The summed E-state index contributed by atoms with van der Waals surface area (Å²) in [6.07, 6.45) is 6.09. The highest BCUT2D eigenvalue weighted by Gasteiger charge is 2.23. The molecule has 116 valence electrons. The van der Waals surface area contributed by atoms with Gasteiger partial charge in [-0.2, -0.15) is 0 Å². The summed E-state index contributed by atoms with van der Waals surface area (Å²) in [5, 5.41) is 3.41. The molecule has 1 N–H and O–H groups in total. The number of amides is 1. The molecule has 0 saturated heterocycles. The van der Waals surface area contributed by atoms with Crippen molar-refractivity contribution < 1.29 is 14.3 Å². The van der Waals surface area contributed by atoms with Gasteiger partial charge in [0.25, 0.3) is 5.91 Å². The predicted molar refractivity (Wildman–Crippen MR) is 80.3 cm³/mol. The Balaban J connectivity index is 1.81. The van der Waals surface area contributed by atoms with Crippen molar-refractivity contribution in [1.29, 1.82) is 0 Å². The number of hydrogen-bond donors (Lipinski definition) is 1. The van der Waals surface area contributed by atoms with Crippen molar-refractivity contribution in [2.45, 2.75) is 38.6 Å². The van der Waals surface area contributed by atoms with E-state index in [0.29, 0.717) is 16.6 Å². The fourth-order valence-electron chi connectivity index (χ4n) is 2.71. The lowest BCUT2D eigenvalue weighted by atomic mass is 9.86. The number of nitrogens with zero attached hydrogens (tertiary/aromatic N) is 1. The molecule has 0 spiro atoms. The maximum atomic E-state index is 11.9. The highest BCUT2D eigenvalue weighted by Crippen LogP contribution is 2.23. The summed E-state index contributed by atoms with van der Waals surface area (Å²) in [7, 11) is 1.70. The third-order valence-electron chi connectivity index (χ3n) is 3.97. The molecule has 1 fully saturated rings. The van der Waals surface area contributed by atoms with Gasteiger partial charge in [0, 0.05) is 19.3 Å². The molecule has 6 heteroatoms. The molecule has 1 aliphatic rings. The van der Waals surface area contributed by atoms with Gasteiger partial charge in [0.05, 0.1) is 5.02 Å². The first kappa shape index (κ1) is 15.9. The molecule has 1 amide bonds. The SMILES string of the molecule is C[C@@H]1CCCC[C@H]1NC(=O)COC(=O)c1cc(Cl)cn1C. The summed E-state index contributed by atoms with van der Waals surface area (Å²) in [5.74, 6) is -0.316. The van der Waals surface area contributed by atoms with Crippen LogP contribution in [0.4, 0.5) is 0 Å². The van der Waals surface area contributed by atoms with Gasteiger partial charge in [-0.15, -0.1) is 0 Å². The Labute approximate surface area is 129 Å². The fraction of sp³-hybridized carbons (Fsp3) is 0.600. The van der Waals surface area contributed by atoms with Crippen LogP contribution in [0.2, 0.25) is 5.02 Å². The van der Waals surface area contributed by atoms with E-state index in [1.807, 2.05) is 0 Å². The van der Waals surface area contributed by atoms with E-state index in [1.165, 1.54) is 12.5 Å². The van der Waals surface area contributed by atoms with E-state index >= 15 is 0 Å². The highest BCUT2D eigenvalue weighted by atomic mass is 35.5. The predicted octanol–water partition coefficient (Wildman–Crippen LogP) is 2.53. The van der Waals surface area contributed by atoms with Crippen LogP contribution in [0.1, 0.15) is 43.1 Å². The molecular weight excluding hydrogens is 292 g/mol. The van der Waals surface area contributed by atoms with E-state index < -0.39 is 5.97 Å². The van der Waals surface area contributed by atoms with Crippen molar-refractivity contribution >= 4 is 23.5 Å². The number of carbonyl (C=O) groups is 2. The monoisotopic (exact) mass is 312 g/mol. The number of carbonyl (C=O) groups excluding carboxylic acids is 2. The number of aromatic nitrogens is 1. The summed E-state index contributed by atoms with van der Waals surface area (Å²) in [6, 6.07) is 1.71. The van der Waals surface area contributed by atoms with Gasteiger partial charge in [0.15, 0.2) is 6.61 Å². The topological polar surface area (TPSA) is 60.3 Å². The van der Waals surface area contributed by atoms with Crippen LogP contribution in [0.25, 0.3) is 0 Å². The highest BCUT2D eigenvalue weighted by molar-refractivity contribution is 6.30. The van der Waals surface area contributed by atoms with Crippen molar-refractivity contribution in [2.75, 3.05) is 6.61 Å². The van der Waals surface area contributed by atoms with Crippen LogP contribution in [-0.4, -0.2) is 29.1 Å². The summed E-state index contributed by atoms with van der Waals surface area (Å²) < 4.78 is 6.61. The summed E-state index contributed by atoms with van der Waals surface area (Å²) in [6.45, 7) is 1.88. The molecule has 1 aliphatic carbocycles. The molecule has 5 nitrogen and oxygen atoms in total.